The number of hydrogen-bond acceptors (Lipinski definition) is 5. The molecule has 6 nitrogen and oxygen atoms in total. The van der Waals surface area contributed by atoms with Crippen molar-refractivity contribution in [3.8, 4) is 5.75 Å². The first-order valence-corrected chi connectivity index (χ1v) is 10.7. The topological polar surface area (TPSA) is 64.4 Å². The molecule has 7 heteroatoms. The fourth-order valence-corrected chi connectivity index (χ4v) is 3.80. The molecule has 0 atom stereocenters. The Morgan fingerprint density at radius 3 is 2.78 bits per heavy atom. The molecule has 1 aliphatic rings. The van der Waals surface area contributed by atoms with E-state index in [4.69, 9.17) is 4.74 Å². The summed E-state index contributed by atoms with van der Waals surface area (Å²) in [6, 6.07) is 12.5. The van der Waals surface area contributed by atoms with Gasteiger partial charge in [-0.25, -0.2) is 4.39 Å². The summed E-state index contributed by atoms with van der Waals surface area (Å²) in [5.41, 5.74) is 4.34. The van der Waals surface area contributed by atoms with Gasteiger partial charge < -0.3 is 9.30 Å². The van der Waals surface area contributed by atoms with Crippen molar-refractivity contribution >= 4 is 5.78 Å². The van der Waals surface area contributed by atoms with Crippen molar-refractivity contribution < 1.29 is 13.9 Å². The molecule has 4 rings (SSSR count). The second-order valence-electron chi connectivity index (χ2n) is 8.07. The molecule has 1 aliphatic heterocycles. The van der Waals surface area contributed by atoms with Crippen molar-refractivity contribution in [1.29, 1.82) is 0 Å². The average Bonchev–Trinajstić information content (AvgIpc) is 2.80. The number of Topliss-reactive ketones (excluding diaryl/α,β-unsaturated/α-hetero) is 1. The van der Waals surface area contributed by atoms with Crippen molar-refractivity contribution in [2.45, 2.75) is 33.0 Å². The molecule has 1 aromatic carbocycles. The van der Waals surface area contributed by atoms with Gasteiger partial charge in [0.2, 0.25) is 0 Å². The van der Waals surface area contributed by atoms with Gasteiger partial charge in [-0.15, -0.1) is 0 Å². The molecule has 0 fully saturated rings. The highest BCUT2D eigenvalue weighted by Crippen LogP contribution is 2.21. The third-order valence-electron chi connectivity index (χ3n) is 5.66. The average molecular weight is 435 g/mol. The summed E-state index contributed by atoms with van der Waals surface area (Å²) >= 11 is 0. The molecule has 0 unspecified atom stereocenters. The lowest BCUT2D eigenvalue weighted by Crippen LogP contribution is -2.32. The molecular weight excluding hydrogens is 409 g/mol. The molecule has 0 radical (unpaired) electrons. The second-order valence-corrected chi connectivity index (χ2v) is 8.07. The summed E-state index contributed by atoms with van der Waals surface area (Å²) < 4.78 is 19.7. The lowest BCUT2D eigenvalue weighted by Gasteiger charge is -2.28. The molecule has 3 aromatic rings. The number of carbonyl (C=O) groups excluding carboxylic acids is 1. The Morgan fingerprint density at radius 2 is 2.03 bits per heavy atom. The van der Waals surface area contributed by atoms with Crippen molar-refractivity contribution in [2.75, 3.05) is 19.8 Å². The molecule has 2 aromatic heterocycles. The number of alkyl halides is 1. The van der Waals surface area contributed by atoms with Crippen LogP contribution in [0.4, 0.5) is 4.39 Å². The van der Waals surface area contributed by atoms with E-state index in [9.17, 15) is 14.0 Å². The summed E-state index contributed by atoms with van der Waals surface area (Å²) in [6.07, 6.45) is 4.18. The zero-order valence-electron chi connectivity index (χ0n) is 18.1. The van der Waals surface area contributed by atoms with Gasteiger partial charge in [0.05, 0.1) is 12.2 Å². The number of pyridine rings is 2. The van der Waals surface area contributed by atoms with Crippen LogP contribution in [-0.4, -0.2) is 40.0 Å². The predicted molar refractivity (Wildman–Crippen MR) is 120 cm³/mol. The van der Waals surface area contributed by atoms with E-state index in [0.29, 0.717) is 24.4 Å². The number of carbonyl (C=O) groups is 1. The third kappa shape index (κ3) is 5.29. The van der Waals surface area contributed by atoms with Crippen LogP contribution in [0.15, 0.2) is 59.7 Å². The number of benzene rings is 1. The van der Waals surface area contributed by atoms with E-state index in [0.717, 1.165) is 29.8 Å². The van der Waals surface area contributed by atoms with Crippen LogP contribution < -0.4 is 10.3 Å². The minimum atomic E-state index is -0.377. The van der Waals surface area contributed by atoms with Crippen LogP contribution in [0, 0.1) is 6.92 Å². The number of ketones is 1. The summed E-state index contributed by atoms with van der Waals surface area (Å²) in [7, 11) is 0. The minimum Gasteiger partial charge on any atom is -0.487 e. The zero-order chi connectivity index (χ0) is 22.5. The first-order valence-electron chi connectivity index (χ1n) is 10.7. The Bertz CT molecular complexity index is 1160. The van der Waals surface area contributed by atoms with E-state index >= 15 is 0 Å². The number of ether oxygens (including phenoxy) is 1. The van der Waals surface area contributed by atoms with E-state index in [1.165, 1.54) is 16.2 Å². The van der Waals surface area contributed by atoms with E-state index in [1.807, 2.05) is 42.2 Å². The lowest BCUT2D eigenvalue weighted by molar-refractivity contribution is 0.0970. The molecule has 0 aliphatic carbocycles. The summed E-state index contributed by atoms with van der Waals surface area (Å²) in [5.74, 6) is 0.290. The van der Waals surface area contributed by atoms with Crippen molar-refractivity contribution in [3.05, 3.63) is 93.2 Å². The summed E-state index contributed by atoms with van der Waals surface area (Å²) in [4.78, 5) is 31.6. The molecule has 166 valence electrons. The van der Waals surface area contributed by atoms with Crippen LogP contribution in [0.3, 0.4) is 0 Å². The Hall–Kier alpha value is -3.32. The zero-order valence-corrected chi connectivity index (χ0v) is 18.1. The van der Waals surface area contributed by atoms with Gasteiger partial charge in [0.15, 0.2) is 5.78 Å². The predicted octanol–water partition coefficient (Wildman–Crippen LogP) is 3.34. The van der Waals surface area contributed by atoms with Gasteiger partial charge in [-0.3, -0.25) is 19.5 Å². The van der Waals surface area contributed by atoms with Crippen molar-refractivity contribution in [3.63, 3.8) is 0 Å². The van der Waals surface area contributed by atoms with Gasteiger partial charge in [0.1, 0.15) is 19.0 Å². The largest absolute Gasteiger partial charge is 0.487 e. The second kappa shape index (κ2) is 9.87. The van der Waals surface area contributed by atoms with Crippen LogP contribution in [0.25, 0.3) is 0 Å². The fourth-order valence-electron chi connectivity index (χ4n) is 3.80. The molecule has 0 bridgehead atoms. The van der Waals surface area contributed by atoms with E-state index in [-0.39, 0.29) is 31.2 Å². The van der Waals surface area contributed by atoms with Crippen LogP contribution >= 0.6 is 0 Å². The van der Waals surface area contributed by atoms with Crippen molar-refractivity contribution in [1.82, 2.24) is 14.5 Å². The quantitative estimate of drug-likeness (QED) is 0.508. The first kappa shape index (κ1) is 21.9. The highest BCUT2D eigenvalue weighted by molar-refractivity contribution is 5.96. The number of rotatable bonds is 8. The Morgan fingerprint density at radius 1 is 1.16 bits per heavy atom. The van der Waals surface area contributed by atoms with Gasteiger partial charge in [-0.1, -0.05) is 18.2 Å². The van der Waals surface area contributed by atoms with Gasteiger partial charge in [-0.05, 0) is 48.2 Å². The lowest BCUT2D eigenvalue weighted by atomic mass is 9.96. The summed E-state index contributed by atoms with van der Waals surface area (Å²) in [6.45, 7) is 3.67. The van der Waals surface area contributed by atoms with Crippen LogP contribution in [-0.2, 0) is 26.1 Å². The van der Waals surface area contributed by atoms with E-state index < -0.39 is 0 Å². The number of fused-ring (bicyclic) bond motifs is 1. The number of hydrogen-bond donors (Lipinski definition) is 0. The number of nitrogens with zero attached hydrogens (tertiary/aromatic N) is 3. The highest BCUT2D eigenvalue weighted by Gasteiger charge is 2.18. The summed E-state index contributed by atoms with van der Waals surface area (Å²) in [5, 5.41) is 0. The third-order valence-corrected chi connectivity index (χ3v) is 5.66. The highest BCUT2D eigenvalue weighted by atomic mass is 19.1. The Balaban J connectivity index is 1.40. The molecule has 0 saturated carbocycles. The normalized spacial score (nSPS) is 13.6. The fraction of sp³-hybridized carbons (Fsp3) is 0.320. The van der Waals surface area contributed by atoms with Gasteiger partial charge in [0.25, 0.3) is 5.56 Å². The number of aryl methyl sites for hydroxylation is 1. The molecule has 3 heterocycles. The maximum Gasteiger partial charge on any atom is 0.254 e. The van der Waals surface area contributed by atoms with Crippen LogP contribution in [0.2, 0.25) is 0 Å². The molecule has 0 N–H and O–H groups in total. The van der Waals surface area contributed by atoms with E-state index in [1.54, 1.807) is 18.5 Å². The van der Waals surface area contributed by atoms with Crippen molar-refractivity contribution in [2.24, 2.45) is 0 Å². The molecule has 0 saturated heterocycles. The molecule has 0 amide bonds. The van der Waals surface area contributed by atoms with Gasteiger partial charge >= 0.3 is 0 Å². The number of aromatic nitrogens is 2. The molecule has 32 heavy (non-hydrogen) atoms. The van der Waals surface area contributed by atoms with Crippen LogP contribution in [0.5, 0.6) is 5.75 Å². The minimum absolute atomic E-state index is 0.0500. The smallest absolute Gasteiger partial charge is 0.254 e. The molecule has 0 spiro atoms. The van der Waals surface area contributed by atoms with Gasteiger partial charge in [0, 0.05) is 43.7 Å². The number of halogens is 1. The van der Waals surface area contributed by atoms with Gasteiger partial charge in [-0.2, -0.15) is 0 Å². The standard InChI is InChI=1S/C25H26FN3O3/c1-18-2-5-22(27-14-18)17-32-23-7-10-29(25(31)13-23)16-24(30)20-4-3-19-6-9-28(11-8-26)15-21(19)12-20/h2-5,7,10,12-14H,6,8-9,11,15-17H2,1H3. The maximum absolute atomic E-state index is 12.8. The Kier molecular flexibility index (Phi) is 6.75. The van der Waals surface area contributed by atoms with Crippen LogP contribution in [0.1, 0.15) is 32.7 Å². The maximum atomic E-state index is 12.8. The van der Waals surface area contributed by atoms with E-state index in [2.05, 4.69) is 4.98 Å². The first-order chi connectivity index (χ1) is 15.5. The Labute approximate surface area is 186 Å². The SMILES string of the molecule is Cc1ccc(COc2ccn(CC(=O)c3ccc4c(c3)CN(CCF)CC4)c(=O)c2)nc1. The monoisotopic (exact) mass is 435 g/mol. The molecular formula is C25H26FN3O3.